The number of rotatable bonds is 6. The standard InChI is InChI=1S/C13H20ClN3O/c1-5-6-7-11-10(3)16-13(12(14)17-11)18-9(2)8-15-4/h6-7,9,15H,5,8H2,1-4H3. The largest absolute Gasteiger partial charge is 0.471 e. The van der Waals surface area contributed by atoms with Gasteiger partial charge >= 0.3 is 0 Å². The monoisotopic (exact) mass is 269 g/mol. The van der Waals surface area contributed by atoms with Crippen LogP contribution in [0.25, 0.3) is 6.08 Å². The van der Waals surface area contributed by atoms with E-state index in [0.29, 0.717) is 11.0 Å². The van der Waals surface area contributed by atoms with Gasteiger partial charge in [0.05, 0.1) is 11.4 Å². The van der Waals surface area contributed by atoms with Gasteiger partial charge in [-0.05, 0) is 33.4 Å². The highest BCUT2D eigenvalue weighted by Gasteiger charge is 2.12. The maximum absolute atomic E-state index is 6.07. The summed E-state index contributed by atoms with van der Waals surface area (Å²) in [4.78, 5) is 8.65. The van der Waals surface area contributed by atoms with E-state index in [4.69, 9.17) is 16.3 Å². The smallest absolute Gasteiger partial charge is 0.252 e. The molecule has 0 aliphatic rings. The van der Waals surface area contributed by atoms with Gasteiger partial charge in [0, 0.05) is 6.54 Å². The molecule has 0 saturated carbocycles. The van der Waals surface area contributed by atoms with Crippen molar-refractivity contribution in [3.8, 4) is 5.88 Å². The molecule has 0 spiro atoms. The van der Waals surface area contributed by atoms with E-state index in [1.54, 1.807) is 0 Å². The summed E-state index contributed by atoms with van der Waals surface area (Å²) >= 11 is 6.07. The lowest BCUT2D eigenvalue weighted by Gasteiger charge is -2.14. The number of aromatic nitrogens is 2. The number of halogens is 1. The first-order valence-electron chi connectivity index (χ1n) is 6.10. The minimum atomic E-state index is -0.00164. The molecule has 1 rings (SSSR count). The lowest BCUT2D eigenvalue weighted by molar-refractivity contribution is 0.210. The van der Waals surface area contributed by atoms with Crippen LogP contribution in [-0.2, 0) is 0 Å². The van der Waals surface area contributed by atoms with Gasteiger partial charge in [-0.3, -0.25) is 0 Å². The van der Waals surface area contributed by atoms with Crippen LogP contribution in [0.15, 0.2) is 6.08 Å². The Morgan fingerprint density at radius 2 is 2.17 bits per heavy atom. The van der Waals surface area contributed by atoms with Crippen LogP contribution in [0.4, 0.5) is 0 Å². The Hall–Kier alpha value is -1.13. The lowest BCUT2D eigenvalue weighted by Crippen LogP contribution is -2.26. The Morgan fingerprint density at radius 3 is 2.78 bits per heavy atom. The molecular weight excluding hydrogens is 250 g/mol. The normalized spacial score (nSPS) is 12.9. The van der Waals surface area contributed by atoms with Crippen molar-refractivity contribution in [1.82, 2.24) is 15.3 Å². The highest BCUT2D eigenvalue weighted by atomic mass is 35.5. The van der Waals surface area contributed by atoms with E-state index >= 15 is 0 Å². The number of likely N-dealkylation sites (N-methyl/N-ethyl adjacent to an activating group) is 1. The number of allylic oxidation sites excluding steroid dienone is 1. The van der Waals surface area contributed by atoms with Gasteiger partial charge in [0.1, 0.15) is 6.10 Å². The second-order valence-electron chi connectivity index (χ2n) is 4.09. The molecule has 5 heteroatoms. The maximum Gasteiger partial charge on any atom is 0.252 e. The average molecular weight is 270 g/mol. The Kier molecular flexibility index (Phi) is 6.09. The van der Waals surface area contributed by atoms with E-state index in [2.05, 4.69) is 22.2 Å². The molecule has 18 heavy (non-hydrogen) atoms. The van der Waals surface area contributed by atoms with Crippen LogP contribution in [0.1, 0.15) is 31.7 Å². The van der Waals surface area contributed by atoms with Crippen molar-refractivity contribution in [2.75, 3.05) is 13.6 Å². The predicted molar refractivity (Wildman–Crippen MR) is 75.1 cm³/mol. The molecule has 0 aliphatic carbocycles. The van der Waals surface area contributed by atoms with Crippen LogP contribution in [0.5, 0.6) is 5.88 Å². The first kappa shape index (κ1) is 14.9. The molecule has 0 bridgehead atoms. The molecule has 1 aromatic heterocycles. The molecule has 1 unspecified atom stereocenters. The molecule has 0 radical (unpaired) electrons. The number of nitrogens with one attached hydrogen (secondary N) is 1. The van der Waals surface area contributed by atoms with Crippen LogP contribution in [0, 0.1) is 6.92 Å². The lowest BCUT2D eigenvalue weighted by atomic mass is 10.3. The maximum atomic E-state index is 6.07. The van der Waals surface area contributed by atoms with Crippen molar-refractivity contribution in [2.45, 2.75) is 33.3 Å². The van der Waals surface area contributed by atoms with Gasteiger partial charge in [0.2, 0.25) is 0 Å². The highest BCUT2D eigenvalue weighted by Crippen LogP contribution is 2.22. The molecule has 1 aromatic rings. The van der Waals surface area contributed by atoms with Crippen LogP contribution in [0.3, 0.4) is 0 Å². The minimum Gasteiger partial charge on any atom is -0.471 e. The fourth-order valence-electron chi connectivity index (χ4n) is 1.47. The molecule has 100 valence electrons. The molecule has 0 amide bonds. The molecular formula is C13H20ClN3O. The van der Waals surface area contributed by atoms with Crippen molar-refractivity contribution >= 4 is 17.7 Å². The van der Waals surface area contributed by atoms with E-state index in [1.807, 2.05) is 33.0 Å². The summed E-state index contributed by atoms with van der Waals surface area (Å²) in [6.07, 6.45) is 4.90. The van der Waals surface area contributed by atoms with E-state index in [9.17, 15) is 0 Å². The third-order valence-corrected chi connectivity index (χ3v) is 2.60. The first-order valence-corrected chi connectivity index (χ1v) is 6.48. The summed E-state index contributed by atoms with van der Waals surface area (Å²) in [5, 5.41) is 3.34. The Labute approximate surface area is 113 Å². The zero-order chi connectivity index (χ0) is 13.5. The molecule has 1 atom stereocenters. The Balaban J connectivity index is 2.89. The van der Waals surface area contributed by atoms with E-state index in [1.165, 1.54) is 0 Å². The second kappa shape index (κ2) is 7.34. The van der Waals surface area contributed by atoms with Gasteiger partial charge in [0.15, 0.2) is 5.15 Å². The topological polar surface area (TPSA) is 47.0 Å². The number of nitrogens with zero attached hydrogens (tertiary/aromatic N) is 2. The minimum absolute atomic E-state index is 0.00164. The van der Waals surface area contributed by atoms with Gasteiger partial charge in [-0.1, -0.05) is 24.6 Å². The second-order valence-corrected chi connectivity index (χ2v) is 4.44. The predicted octanol–water partition coefficient (Wildman–Crippen LogP) is 2.85. The van der Waals surface area contributed by atoms with Gasteiger partial charge in [0.25, 0.3) is 5.88 Å². The SMILES string of the molecule is CCC=Cc1nc(Cl)c(OC(C)CNC)nc1C. The Morgan fingerprint density at radius 1 is 1.44 bits per heavy atom. The van der Waals surface area contributed by atoms with E-state index in [-0.39, 0.29) is 6.10 Å². The number of aryl methyl sites for hydroxylation is 1. The van der Waals surface area contributed by atoms with Crippen LogP contribution in [-0.4, -0.2) is 29.7 Å². The molecule has 0 fully saturated rings. The van der Waals surface area contributed by atoms with Gasteiger partial charge in [-0.25, -0.2) is 9.97 Å². The molecule has 4 nitrogen and oxygen atoms in total. The number of hydrogen-bond donors (Lipinski definition) is 1. The summed E-state index contributed by atoms with van der Waals surface area (Å²) < 4.78 is 5.63. The zero-order valence-electron chi connectivity index (χ0n) is 11.3. The van der Waals surface area contributed by atoms with Crippen LogP contribution < -0.4 is 10.1 Å². The van der Waals surface area contributed by atoms with Gasteiger partial charge in [-0.2, -0.15) is 0 Å². The summed E-state index contributed by atoms with van der Waals surface area (Å²) in [7, 11) is 1.87. The zero-order valence-corrected chi connectivity index (χ0v) is 12.1. The molecule has 1 heterocycles. The quantitative estimate of drug-likeness (QED) is 0.863. The summed E-state index contributed by atoms with van der Waals surface area (Å²) in [6, 6.07) is 0. The Bertz CT molecular complexity index is 421. The number of hydrogen-bond acceptors (Lipinski definition) is 4. The van der Waals surface area contributed by atoms with Crippen molar-refractivity contribution in [2.24, 2.45) is 0 Å². The van der Waals surface area contributed by atoms with E-state index in [0.717, 1.165) is 24.4 Å². The van der Waals surface area contributed by atoms with Gasteiger partial charge < -0.3 is 10.1 Å². The fraction of sp³-hybridized carbons (Fsp3) is 0.538. The first-order chi connectivity index (χ1) is 8.58. The molecule has 0 aliphatic heterocycles. The summed E-state index contributed by atoms with van der Waals surface area (Å²) in [6.45, 7) is 6.65. The third-order valence-electron chi connectivity index (χ3n) is 2.35. The fourth-order valence-corrected chi connectivity index (χ4v) is 1.65. The summed E-state index contributed by atoms with van der Waals surface area (Å²) in [5.74, 6) is 0.394. The average Bonchev–Trinajstić information content (AvgIpc) is 2.32. The van der Waals surface area contributed by atoms with E-state index < -0.39 is 0 Å². The van der Waals surface area contributed by atoms with Crippen molar-refractivity contribution in [3.63, 3.8) is 0 Å². The van der Waals surface area contributed by atoms with Crippen molar-refractivity contribution in [1.29, 1.82) is 0 Å². The van der Waals surface area contributed by atoms with Crippen molar-refractivity contribution in [3.05, 3.63) is 22.6 Å². The van der Waals surface area contributed by atoms with Gasteiger partial charge in [-0.15, -0.1) is 0 Å². The molecule has 0 saturated heterocycles. The summed E-state index contributed by atoms with van der Waals surface area (Å²) in [5.41, 5.74) is 1.60. The van der Waals surface area contributed by atoms with Crippen molar-refractivity contribution < 1.29 is 4.74 Å². The van der Waals surface area contributed by atoms with Crippen LogP contribution >= 0.6 is 11.6 Å². The third kappa shape index (κ3) is 4.27. The van der Waals surface area contributed by atoms with Crippen LogP contribution in [0.2, 0.25) is 5.15 Å². The molecule has 0 aromatic carbocycles. The molecule has 1 N–H and O–H groups in total. The number of ether oxygens (including phenoxy) is 1. The highest BCUT2D eigenvalue weighted by molar-refractivity contribution is 6.30.